The lowest BCUT2D eigenvalue weighted by atomic mass is 9.85. The van der Waals surface area contributed by atoms with Gasteiger partial charge in [0, 0.05) is 21.8 Å². The van der Waals surface area contributed by atoms with Crippen LogP contribution >= 0.6 is 15.9 Å². The van der Waals surface area contributed by atoms with E-state index in [9.17, 15) is 14.7 Å². The first kappa shape index (κ1) is 24.7. The molecule has 0 aliphatic carbocycles. The fraction of sp³-hybridized carbons (Fsp3) is 0.241. The van der Waals surface area contributed by atoms with E-state index in [-0.39, 0.29) is 16.7 Å². The van der Waals surface area contributed by atoms with E-state index in [0.717, 1.165) is 21.2 Å². The number of nitrogens with zero attached hydrogens (tertiary/aromatic N) is 1. The second-order valence-electron chi connectivity index (χ2n) is 9.71. The lowest BCUT2D eigenvalue weighted by molar-refractivity contribution is -0.132. The minimum absolute atomic E-state index is 0.0535. The van der Waals surface area contributed by atoms with Gasteiger partial charge in [0.2, 0.25) is 0 Å². The predicted molar refractivity (Wildman–Crippen MR) is 142 cm³/mol. The molecule has 1 aliphatic heterocycles. The smallest absolute Gasteiger partial charge is 0.300 e. The molecule has 1 aliphatic rings. The van der Waals surface area contributed by atoms with Gasteiger partial charge in [-0.2, -0.15) is 0 Å². The highest BCUT2D eigenvalue weighted by molar-refractivity contribution is 9.10. The number of anilines is 1. The van der Waals surface area contributed by atoms with Crippen LogP contribution in [0, 0.1) is 6.92 Å². The molecule has 5 nitrogen and oxygen atoms in total. The van der Waals surface area contributed by atoms with Gasteiger partial charge in [0.15, 0.2) is 0 Å². The third-order valence-corrected chi connectivity index (χ3v) is 7.19. The van der Waals surface area contributed by atoms with Gasteiger partial charge in [-0.25, -0.2) is 0 Å². The van der Waals surface area contributed by atoms with Gasteiger partial charge in [-0.1, -0.05) is 73.1 Å². The molecule has 1 fully saturated rings. The van der Waals surface area contributed by atoms with Crippen molar-refractivity contribution in [2.45, 2.75) is 39.2 Å². The highest BCUT2D eigenvalue weighted by Gasteiger charge is 2.47. The van der Waals surface area contributed by atoms with Gasteiger partial charge in [-0.3, -0.25) is 14.5 Å². The first-order valence-corrected chi connectivity index (χ1v) is 12.1. The van der Waals surface area contributed by atoms with Crippen molar-refractivity contribution in [3.63, 3.8) is 0 Å². The number of amides is 1. The van der Waals surface area contributed by atoms with Crippen molar-refractivity contribution >= 4 is 39.1 Å². The van der Waals surface area contributed by atoms with Gasteiger partial charge in [-0.15, -0.1) is 0 Å². The number of carbonyl (C=O) groups excluding carboxylic acids is 2. The van der Waals surface area contributed by atoms with Crippen molar-refractivity contribution in [2.24, 2.45) is 0 Å². The second-order valence-corrected chi connectivity index (χ2v) is 10.6. The molecule has 3 aromatic rings. The van der Waals surface area contributed by atoms with Crippen LogP contribution in [0.5, 0.6) is 5.75 Å². The van der Waals surface area contributed by atoms with Crippen molar-refractivity contribution in [2.75, 3.05) is 12.0 Å². The van der Waals surface area contributed by atoms with Crippen molar-refractivity contribution in [1.82, 2.24) is 0 Å². The molecule has 1 N–H and O–H groups in total. The van der Waals surface area contributed by atoms with E-state index in [1.54, 1.807) is 43.5 Å². The van der Waals surface area contributed by atoms with E-state index in [1.807, 2.05) is 37.3 Å². The number of ether oxygens (including phenoxy) is 1. The molecular formula is C29H28BrNO4. The molecule has 6 heteroatoms. The number of halogens is 1. The summed E-state index contributed by atoms with van der Waals surface area (Å²) >= 11 is 3.47. The monoisotopic (exact) mass is 533 g/mol. The Bertz CT molecular complexity index is 1340. The summed E-state index contributed by atoms with van der Waals surface area (Å²) in [6, 6.07) is 19.4. The standard InChI is InChI=1S/C29H28BrNO4/c1-17-15-19(11-14-23(17)30)26(32)24-25(18-9-12-20(13-10-18)29(2,3)4)31(28(34)27(24)33)21-7-6-8-22(16-21)35-5/h6-16,25,32H,1-5H3/b26-24+. The number of hydrogen-bond acceptors (Lipinski definition) is 4. The van der Waals surface area contributed by atoms with E-state index in [1.165, 1.54) is 4.90 Å². The van der Waals surface area contributed by atoms with Gasteiger partial charge in [0.1, 0.15) is 11.5 Å². The highest BCUT2D eigenvalue weighted by Crippen LogP contribution is 2.43. The Hall–Kier alpha value is -3.38. The number of benzene rings is 3. The third kappa shape index (κ3) is 4.63. The summed E-state index contributed by atoms with van der Waals surface area (Å²) in [5, 5.41) is 11.3. The summed E-state index contributed by atoms with van der Waals surface area (Å²) in [4.78, 5) is 28.2. The average Bonchev–Trinajstić information content (AvgIpc) is 3.10. The van der Waals surface area contributed by atoms with Crippen LogP contribution < -0.4 is 9.64 Å². The average molecular weight is 534 g/mol. The Morgan fingerprint density at radius 3 is 2.29 bits per heavy atom. The van der Waals surface area contributed by atoms with Gasteiger partial charge in [-0.05, 0) is 53.3 Å². The SMILES string of the molecule is COc1cccc(N2C(=O)C(=O)/C(=C(/O)c3ccc(Br)c(C)c3)C2c2ccc(C(C)(C)C)cc2)c1. The third-order valence-electron chi connectivity index (χ3n) is 6.30. The lowest BCUT2D eigenvalue weighted by Crippen LogP contribution is -2.29. The number of hydrogen-bond donors (Lipinski definition) is 1. The summed E-state index contributed by atoms with van der Waals surface area (Å²) in [6.07, 6.45) is 0. The zero-order valence-electron chi connectivity index (χ0n) is 20.4. The second kappa shape index (κ2) is 9.34. The maximum absolute atomic E-state index is 13.4. The summed E-state index contributed by atoms with van der Waals surface area (Å²) in [6.45, 7) is 8.28. The van der Waals surface area contributed by atoms with Crippen molar-refractivity contribution in [1.29, 1.82) is 0 Å². The first-order valence-electron chi connectivity index (χ1n) is 11.3. The van der Waals surface area contributed by atoms with Crippen LogP contribution in [0.15, 0.2) is 76.8 Å². The Morgan fingerprint density at radius 2 is 1.69 bits per heavy atom. The molecule has 0 spiro atoms. The van der Waals surface area contributed by atoms with Crippen LogP contribution in [0.1, 0.15) is 49.1 Å². The van der Waals surface area contributed by atoms with Gasteiger partial charge in [0.05, 0.1) is 18.7 Å². The van der Waals surface area contributed by atoms with E-state index >= 15 is 0 Å². The number of aryl methyl sites for hydroxylation is 1. The normalized spacial score (nSPS) is 17.7. The topological polar surface area (TPSA) is 66.8 Å². The van der Waals surface area contributed by atoms with E-state index in [4.69, 9.17) is 4.74 Å². The van der Waals surface area contributed by atoms with Crippen LogP contribution in [0.2, 0.25) is 0 Å². The van der Waals surface area contributed by atoms with Crippen LogP contribution in [0.4, 0.5) is 5.69 Å². The summed E-state index contributed by atoms with van der Waals surface area (Å²) < 4.78 is 6.24. The van der Waals surface area contributed by atoms with Crippen molar-refractivity contribution < 1.29 is 19.4 Å². The van der Waals surface area contributed by atoms with E-state index in [2.05, 4.69) is 36.7 Å². The Balaban J connectivity index is 1.94. The maximum atomic E-state index is 13.4. The molecular weight excluding hydrogens is 506 g/mol. The number of Topliss-reactive ketones (excluding diaryl/α,β-unsaturated/α-hetero) is 1. The van der Waals surface area contributed by atoms with Gasteiger partial charge in [0.25, 0.3) is 11.7 Å². The molecule has 3 aromatic carbocycles. The van der Waals surface area contributed by atoms with Crippen LogP contribution in [-0.2, 0) is 15.0 Å². The quantitative estimate of drug-likeness (QED) is 0.230. The fourth-order valence-electron chi connectivity index (χ4n) is 4.29. The van der Waals surface area contributed by atoms with Gasteiger partial charge >= 0.3 is 0 Å². The molecule has 35 heavy (non-hydrogen) atoms. The minimum atomic E-state index is -0.792. The number of methoxy groups -OCH3 is 1. The summed E-state index contributed by atoms with van der Waals surface area (Å²) in [5.41, 5.74) is 3.76. The maximum Gasteiger partial charge on any atom is 0.300 e. The summed E-state index contributed by atoms with van der Waals surface area (Å²) in [5.74, 6) is -1.06. The number of aliphatic hydroxyl groups is 1. The van der Waals surface area contributed by atoms with Crippen LogP contribution in [0.3, 0.4) is 0 Å². The van der Waals surface area contributed by atoms with E-state index in [0.29, 0.717) is 17.0 Å². The number of ketones is 1. The first-order chi connectivity index (χ1) is 16.5. The predicted octanol–water partition coefficient (Wildman–Crippen LogP) is 6.69. The molecule has 180 valence electrons. The number of aliphatic hydroxyl groups excluding tert-OH is 1. The molecule has 4 rings (SSSR count). The van der Waals surface area contributed by atoms with Crippen LogP contribution in [0.25, 0.3) is 5.76 Å². The minimum Gasteiger partial charge on any atom is -0.507 e. The molecule has 1 atom stereocenters. The molecule has 1 saturated heterocycles. The van der Waals surface area contributed by atoms with Crippen LogP contribution in [-0.4, -0.2) is 23.9 Å². The highest BCUT2D eigenvalue weighted by atomic mass is 79.9. The Kier molecular flexibility index (Phi) is 6.60. The number of rotatable bonds is 4. The Labute approximate surface area is 214 Å². The molecule has 1 unspecified atom stereocenters. The van der Waals surface area contributed by atoms with E-state index < -0.39 is 17.7 Å². The van der Waals surface area contributed by atoms with Crippen molar-refractivity contribution in [3.05, 3.63) is 99.0 Å². The molecule has 0 aromatic heterocycles. The molecule has 1 heterocycles. The number of carbonyl (C=O) groups is 2. The zero-order chi connectivity index (χ0) is 25.5. The van der Waals surface area contributed by atoms with Crippen molar-refractivity contribution in [3.8, 4) is 5.75 Å². The van der Waals surface area contributed by atoms with Gasteiger partial charge < -0.3 is 9.84 Å². The molecule has 0 bridgehead atoms. The Morgan fingerprint density at radius 1 is 1.00 bits per heavy atom. The largest absolute Gasteiger partial charge is 0.507 e. The summed E-state index contributed by atoms with van der Waals surface area (Å²) in [7, 11) is 1.55. The lowest BCUT2D eigenvalue weighted by Gasteiger charge is -2.27. The molecule has 0 radical (unpaired) electrons. The molecule has 0 saturated carbocycles. The zero-order valence-corrected chi connectivity index (χ0v) is 22.0. The fourth-order valence-corrected chi connectivity index (χ4v) is 4.53. The molecule has 1 amide bonds.